The minimum Gasteiger partial charge on any atom is -0.431 e. The molecule has 2 aliphatic carbocycles. The number of alkyl halides is 1. The summed E-state index contributed by atoms with van der Waals surface area (Å²) in [6, 6.07) is 5.92. The Morgan fingerprint density at radius 1 is 1.08 bits per heavy atom. The fourth-order valence-electron chi connectivity index (χ4n) is 3.44. The first kappa shape index (κ1) is 17.6. The van der Waals surface area contributed by atoms with Gasteiger partial charge in [-0.3, -0.25) is 19.2 Å². The zero-order valence-corrected chi connectivity index (χ0v) is 14.3. The lowest BCUT2D eigenvalue weighted by atomic mass is 9.92. The number of fused-ring (bicyclic) bond motifs is 1. The molecule has 1 aromatic rings. The number of halogens is 1. The second-order valence-electron chi connectivity index (χ2n) is 6.30. The summed E-state index contributed by atoms with van der Waals surface area (Å²) in [6.07, 6.45) is 4.53. The van der Waals surface area contributed by atoms with Gasteiger partial charge in [-0.25, -0.2) is 0 Å². The molecule has 3 rings (SSSR count). The molecule has 1 amide bonds. The van der Waals surface area contributed by atoms with Crippen LogP contribution in [0.5, 0.6) is 0 Å². The smallest absolute Gasteiger partial charge is 0.322 e. The van der Waals surface area contributed by atoms with Crippen LogP contribution < -0.4 is 5.32 Å². The fourth-order valence-corrected chi connectivity index (χ4v) is 3.49. The van der Waals surface area contributed by atoms with Gasteiger partial charge < -0.3 is 10.1 Å². The van der Waals surface area contributed by atoms with Crippen molar-refractivity contribution in [3.63, 3.8) is 0 Å². The predicted molar refractivity (Wildman–Crippen MR) is 89.7 cm³/mol. The van der Waals surface area contributed by atoms with E-state index >= 15 is 0 Å². The molecule has 0 saturated heterocycles. The van der Waals surface area contributed by atoms with E-state index in [-0.39, 0.29) is 17.2 Å². The van der Waals surface area contributed by atoms with Crippen molar-refractivity contribution in [2.45, 2.75) is 43.7 Å². The molecule has 0 aromatic heterocycles. The summed E-state index contributed by atoms with van der Waals surface area (Å²) < 4.78 is 5.08. The van der Waals surface area contributed by atoms with Crippen LogP contribution in [-0.2, 0) is 14.3 Å². The number of esters is 1. The predicted octanol–water partition coefficient (Wildman–Crippen LogP) is 2.04. The zero-order valence-electron chi connectivity index (χ0n) is 13.5. The van der Waals surface area contributed by atoms with Crippen molar-refractivity contribution in [1.82, 2.24) is 5.32 Å². The molecule has 1 fully saturated rings. The lowest BCUT2D eigenvalue weighted by Gasteiger charge is -2.29. The number of Topliss-reactive ketones (excluding diaryl/α,β-unsaturated/α-hetero) is 2. The summed E-state index contributed by atoms with van der Waals surface area (Å²) >= 11 is 5.47. The van der Waals surface area contributed by atoms with Gasteiger partial charge in [-0.1, -0.05) is 43.5 Å². The number of hydrogen-bond acceptors (Lipinski definition) is 5. The van der Waals surface area contributed by atoms with Gasteiger partial charge in [0.2, 0.25) is 11.6 Å². The second-order valence-corrected chi connectivity index (χ2v) is 6.57. The van der Waals surface area contributed by atoms with E-state index in [0.29, 0.717) is 0 Å². The van der Waals surface area contributed by atoms with E-state index in [2.05, 4.69) is 5.32 Å². The van der Waals surface area contributed by atoms with Gasteiger partial charge in [-0.2, -0.15) is 0 Å². The molecule has 0 heterocycles. The summed E-state index contributed by atoms with van der Waals surface area (Å²) in [6.45, 7) is 0. The molecule has 7 heteroatoms. The number of ketones is 2. The first-order valence-corrected chi connectivity index (χ1v) is 8.81. The van der Waals surface area contributed by atoms with Gasteiger partial charge in [0.1, 0.15) is 5.88 Å². The highest BCUT2D eigenvalue weighted by atomic mass is 35.5. The highest BCUT2D eigenvalue weighted by Crippen LogP contribution is 2.34. The Labute approximate surface area is 149 Å². The van der Waals surface area contributed by atoms with Crippen molar-refractivity contribution >= 4 is 35.0 Å². The van der Waals surface area contributed by atoms with Gasteiger partial charge in [0.15, 0.2) is 0 Å². The average Bonchev–Trinajstić information content (AvgIpc) is 2.85. The second kappa shape index (κ2) is 6.96. The molecule has 25 heavy (non-hydrogen) atoms. The Hall–Kier alpha value is -2.21. The molecule has 0 spiro atoms. The van der Waals surface area contributed by atoms with Crippen LogP contribution in [-0.4, -0.2) is 41.0 Å². The van der Waals surface area contributed by atoms with Crippen LogP contribution in [0.3, 0.4) is 0 Å². The van der Waals surface area contributed by atoms with Crippen molar-refractivity contribution < 1.29 is 23.9 Å². The van der Waals surface area contributed by atoms with E-state index in [1.54, 1.807) is 12.1 Å². The standard InChI is InChI=1S/C18H18ClNO5/c19-10-14(21)25-18(17(24)20-11-6-2-1-3-7-11)15(22)12-8-4-5-9-13(12)16(18)23/h4-5,8-9,11H,1-3,6-7,10H2,(H,20,24). The quantitative estimate of drug-likeness (QED) is 0.502. The lowest BCUT2D eigenvalue weighted by Crippen LogP contribution is -2.59. The molecular weight excluding hydrogens is 346 g/mol. The van der Waals surface area contributed by atoms with Gasteiger partial charge in [0.05, 0.1) is 0 Å². The van der Waals surface area contributed by atoms with E-state index in [9.17, 15) is 19.2 Å². The molecule has 0 aliphatic heterocycles. The summed E-state index contributed by atoms with van der Waals surface area (Å²) in [4.78, 5) is 50.4. The SMILES string of the molecule is O=C(CCl)OC1(C(=O)NC2CCCCC2)C(=O)c2ccccc2C1=O. The van der Waals surface area contributed by atoms with Crippen molar-refractivity contribution in [3.8, 4) is 0 Å². The number of nitrogens with one attached hydrogen (secondary N) is 1. The molecule has 1 saturated carbocycles. The van der Waals surface area contributed by atoms with E-state index in [0.717, 1.165) is 32.1 Å². The largest absolute Gasteiger partial charge is 0.431 e. The molecular formula is C18H18ClNO5. The first-order chi connectivity index (χ1) is 12.0. The zero-order chi connectivity index (χ0) is 18.0. The Morgan fingerprint density at radius 3 is 2.16 bits per heavy atom. The maximum Gasteiger partial charge on any atom is 0.322 e. The maximum absolute atomic E-state index is 12.9. The molecule has 0 bridgehead atoms. The highest BCUT2D eigenvalue weighted by molar-refractivity contribution is 6.43. The van der Waals surface area contributed by atoms with Crippen LogP contribution >= 0.6 is 11.6 Å². The van der Waals surface area contributed by atoms with Gasteiger partial charge in [-0.15, -0.1) is 11.6 Å². The number of amides is 1. The van der Waals surface area contributed by atoms with Gasteiger partial charge in [-0.05, 0) is 12.8 Å². The number of carbonyl (C=O) groups is 4. The number of benzene rings is 1. The fraction of sp³-hybridized carbons (Fsp3) is 0.444. The third-order valence-electron chi connectivity index (χ3n) is 4.69. The summed E-state index contributed by atoms with van der Waals surface area (Å²) in [5.74, 6) is -4.08. The third-order valence-corrected chi connectivity index (χ3v) is 4.91. The Bertz CT molecular complexity index is 704. The van der Waals surface area contributed by atoms with Crippen molar-refractivity contribution in [2.75, 3.05) is 5.88 Å². The van der Waals surface area contributed by atoms with E-state index < -0.39 is 34.9 Å². The van der Waals surface area contributed by atoms with Gasteiger partial charge in [0, 0.05) is 17.2 Å². The molecule has 1 N–H and O–H groups in total. The van der Waals surface area contributed by atoms with Crippen LogP contribution in [0.4, 0.5) is 0 Å². The van der Waals surface area contributed by atoms with Crippen LogP contribution in [0, 0.1) is 0 Å². The molecule has 0 atom stereocenters. The van der Waals surface area contributed by atoms with Crippen LogP contribution in [0.2, 0.25) is 0 Å². The van der Waals surface area contributed by atoms with Crippen LogP contribution in [0.25, 0.3) is 0 Å². The number of rotatable bonds is 4. The van der Waals surface area contributed by atoms with Crippen molar-refractivity contribution in [1.29, 1.82) is 0 Å². The summed E-state index contributed by atoms with van der Waals surface area (Å²) in [5, 5.41) is 2.73. The first-order valence-electron chi connectivity index (χ1n) is 8.28. The lowest BCUT2D eigenvalue weighted by molar-refractivity contribution is -0.157. The molecule has 0 unspecified atom stereocenters. The van der Waals surface area contributed by atoms with Gasteiger partial charge in [0.25, 0.3) is 5.91 Å². The normalized spacial score (nSPS) is 19.4. The third kappa shape index (κ3) is 2.95. The average molecular weight is 364 g/mol. The number of carbonyl (C=O) groups excluding carboxylic acids is 4. The number of ether oxygens (including phenoxy) is 1. The van der Waals surface area contributed by atoms with E-state index in [1.165, 1.54) is 12.1 Å². The minimum atomic E-state index is -2.51. The van der Waals surface area contributed by atoms with Crippen molar-refractivity contribution in [3.05, 3.63) is 35.4 Å². The van der Waals surface area contributed by atoms with E-state index in [1.807, 2.05) is 0 Å². The molecule has 1 aromatic carbocycles. The molecule has 0 radical (unpaired) electrons. The maximum atomic E-state index is 12.9. The Morgan fingerprint density at radius 2 is 1.64 bits per heavy atom. The van der Waals surface area contributed by atoms with Crippen molar-refractivity contribution in [2.24, 2.45) is 0 Å². The molecule has 6 nitrogen and oxygen atoms in total. The number of hydrogen-bond donors (Lipinski definition) is 1. The summed E-state index contributed by atoms with van der Waals surface area (Å²) in [7, 11) is 0. The van der Waals surface area contributed by atoms with E-state index in [4.69, 9.17) is 16.3 Å². The van der Waals surface area contributed by atoms with Crippen LogP contribution in [0.1, 0.15) is 52.8 Å². The Balaban J connectivity index is 1.97. The molecule has 132 valence electrons. The Kier molecular flexibility index (Phi) is 4.90. The molecule has 2 aliphatic rings. The van der Waals surface area contributed by atoms with Gasteiger partial charge >= 0.3 is 11.6 Å². The van der Waals surface area contributed by atoms with Crippen LogP contribution in [0.15, 0.2) is 24.3 Å². The minimum absolute atomic E-state index is 0.0775. The monoisotopic (exact) mass is 363 g/mol. The topological polar surface area (TPSA) is 89.5 Å². The highest BCUT2D eigenvalue weighted by Gasteiger charge is 2.62. The summed E-state index contributed by atoms with van der Waals surface area (Å²) in [5.41, 5.74) is -2.35.